The highest BCUT2D eigenvalue weighted by Crippen LogP contribution is 2.39. The third kappa shape index (κ3) is 25.2. The first kappa shape index (κ1) is 78.2. The standard InChI is InChI=1S/C35H56N2O10.C35H56N2O9/c1-8-27(40)24(4)32-28(45-32)21-34(6,43)14-9-10-22(2)31-23(3)11-12-29(44-25(5)38)35(7,15-13-26(39)20-30(41)46-31)47-33(42)37-18-16-36-17-19-37;1-8-28(40)25(5)33-29(43-33)20-22(2)10-9-11-23(3)32-24(4)12-13-30(44-34(42)37-18-16-36-17-19-37)35(7,46-26(6)38)15-14-27(39)21-31(41)45-32/h9-12,14,23-24,26-29,31-32,36,39-40,43H,8,13,15-21H2,1-7H3;9-13,22,24-25,27-30,32-33,36,39-40H,8,14-21H2,1-7H3/b12-11+,14-9+,22-10+;10-9+,13-12+,23-11+/t23-,24+,26-,27+,28+,29+,31+,32+,34+,35-;22-,24+,25-,27-,28+,29-,30-,32-,33-,35-/m01/s1. The maximum Gasteiger partial charge on any atom is 0.410 e. The largest absolute Gasteiger partial charge is 0.457 e. The molecule has 6 rings (SSSR count). The number of nitrogens with zero attached hydrogens (tertiary/aromatic N) is 2. The number of aliphatic hydroxyl groups excluding tert-OH is 4. The van der Waals surface area contributed by atoms with Gasteiger partial charge in [0, 0.05) is 96.3 Å². The normalized spacial score (nSPS) is 34.1. The molecule has 23 heteroatoms. The summed E-state index contributed by atoms with van der Waals surface area (Å²) in [6.45, 7) is 29.6. The van der Waals surface area contributed by atoms with Crippen molar-refractivity contribution in [2.45, 2.75) is 251 Å². The van der Waals surface area contributed by atoms with E-state index in [-0.39, 0.29) is 92.7 Å². The van der Waals surface area contributed by atoms with Crippen LogP contribution in [0.4, 0.5) is 9.59 Å². The molecule has 0 bridgehead atoms. The third-order valence-corrected chi connectivity index (χ3v) is 18.6. The molecule has 0 radical (unpaired) electrons. The van der Waals surface area contributed by atoms with Crippen LogP contribution in [0.2, 0.25) is 0 Å². The summed E-state index contributed by atoms with van der Waals surface area (Å²) < 4.78 is 46.7. The SMILES string of the molecule is CC[C@@H](O)[C@@H](C)[C@H]1O[C@@H]1C[C@](C)(O)/C=C/C=C(\C)[C@H]1OC(=O)C[C@@H](O)CC[C@](C)(OC(=O)N2CCNCC2)[C@H](OC(C)=O)/C=C/[C@@H]1C.CC[C@H](O)[C@@H](C)[C@H]1O[C@@H]1C[C@H](C)/C=C/C=C(\C)[C@H]1OC(=O)C[C@H](O)CC[C@@](C)(OC(C)=O)[C@H](OC(=O)N2CCNCC2)/C=C/[C@@H]1C. The Hall–Kier alpha value is -5.50. The van der Waals surface area contributed by atoms with Gasteiger partial charge in [-0.1, -0.05) is 97.1 Å². The fourth-order valence-electron chi connectivity index (χ4n) is 12.4. The van der Waals surface area contributed by atoms with E-state index in [0.717, 1.165) is 12.0 Å². The minimum atomic E-state index is -1.32. The molecule has 6 aliphatic rings. The molecule has 0 saturated carbocycles. The van der Waals surface area contributed by atoms with Gasteiger partial charge in [0.15, 0.2) is 17.8 Å². The summed E-state index contributed by atoms with van der Waals surface area (Å²) in [6.07, 6.45) is 13.4. The number of carbonyl (C=O) groups is 6. The molecule has 526 valence electrons. The van der Waals surface area contributed by atoms with Crippen LogP contribution in [0.15, 0.2) is 71.9 Å². The average Bonchev–Trinajstić information content (AvgIpc) is 1.82. The molecule has 4 saturated heterocycles. The summed E-state index contributed by atoms with van der Waals surface area (Å²) in [5.74, 6) is -2.62. The number of nitrogens with one attached hydrogen (secondary N) is 2. The van der Waals surface area contributed by atoms with Crippen LogP contribution in [0.3, 0.4) is 0 Å². The lowest BCUT2D eigenvalue weighted by Gasteiger charge is -2.38. The molecule has 7 N–H and O–H groups in total. The van der Waals surface area contributed by atoms with Crippen molar-refractivity contribution in [3.8, 4) is 0 Å². The molecular formula is C70H112N4O19. The zero-order valence-corrected chi connectivity index (χ0v) is 57.7. The highest BCUT2D eigenvalue weighted by Gasteiger charge is 2.48. The van der Waals surface area contributed by atoms with Crippen LogP contribution in [0.1, 0.15) is 161 Å². The Labute approximate surface area is 551 Å². The predicted octanol–water partition coefficient (Wildman–Crippen LogP) is 7.26. The molecule has 4 fully saturated rings. The van der Waals surface area contributed by atoms with Crippen molar-refractivity contribution in [1.82, 2.24) is 20.4 Å². The van der Waals surface area contributed by atoms with Crippen LogP contribution < -0.4 is 10.6 Å². The number of epoxide rings is 2. The van der Waals surface area contributed by atoms with E-state index in [1.54, 1.807) is 74.0 Å². The number of piperazine rings is 2. The van der Waals surface area contributed by atoms with E-state index < -0.39 is 102 Å². The number of hydrogen-bond acceptors (Lipinski definition) is 21. The molecule has 93 heavy (non-hydrogen) atoms. The molecule has 20 atom stereocenters. The molecule has 0 aliphatic carbocycles. The topological polar surface area (TPSA) is 315 Å². The van der Waals surface area contributed by atoms with Crippen LogP contribution in [0.5, 0.6) is 0 Å². The van der Waals surface area contributed by atoms with Crippen LogP contribution in [-0.2, 0) is 57.1 Å². The van der Waals surface area contributed by atoms with Gasteiger partial charge >= 0.3 is 36.1 Å². The Balaban J connectivity index is 0.000000337. The summed E-state index contributed by atoms with van der Waals surface area (Å²) in [5, 5.41) is 59.2. The number of esters is 4. The van der Waals surface area contributed by atoms with E-state index in [9.17, 15) is 54.3 Å². The second-order valence-electron chi connectivity index (χ2n) is 27.3. The molecule has 0 aromatic heterocycles. The summed E-state index contributed by atoms with van der Waals surface area (Å²) in [5.41, 5.74) is -2.27. The maximum absolute atomic E-state index is 13.2. The summed E-state index contributed by atoms with van der Waals surface area (Å²) >= 11 is 0. The van der Waals surface area contributed by atoms with E-state index in [1.165, 1.54) is 13.8 Å². The van der Waals surface area contributed by atoms with Gasteiger partial charge in [-0.15, -0.1) is 0 Å². The van der Waals surface area contributed by atoms with Crippen LogP contribution in [-0.4, -0.2) is 214 Å². The lowest BCUT2D eigenvalue weighted by atomic mass is 9.88. The van der Waals surface area contributed by atoms with E-state index in [2.05, 4.69) is 23.6 Å². The second-order valence-corrected chi connectivity index (χ2v) is 27.3. The fourth-order valence-corrected chi connectivity index (χ4v) is 12.4. The Morgan fingerprint density at radius 1 is 0.667 bits per heavy atom. The molecule has 0 aromatic carbocycles. The Morgan fingerprint density at radius 2 is 1.11 bits per heavy atom. The zero-order chi connectivity index (χ0) is 69.0. The number of rotatable bonds is 20. The third-order valence-electron chi connectivity index (χ3n) is 18.6. The first-order valence-electron chi connectivity index (χ1n) is 33.7. The highest BCUT2D eigenvalue weighted by molar-refractivity contribution is 5.72. The molecule has 0 aromatic rings. The van der Waals surface area contributed by atoms with Crippen molar-refractivity contribution < 1.29 is 92.2 Å². The number of ether oxygens (including phenoxy) is 8. The predicted molar refractivity (Wildman–Crippen MR) is 349 cm³/mol. The van der Waals surface area contributed by atoms with Gasteiger partial charge in [0.2, 0.25) is 0 Å². The Bertz CT molecular complexity index is 2630. The lowest BCUT2D eigenvalue weighted by molar-refractivity contribution is -0.168. The number of cyclic esters (lactones) is 2. The summed E-state index contributed by atoms with van der Waals surface area (Å²) in [7, 11) is 0. The van der Waals surface area contributed by atoms with Gasteiger partial charge in [0.25, 0.3) is 0 Å². The fraction of sp³-hybridized carbons (Fsp3) is 0.743. The van der Waals surface area contributed by atoms with Gasteiger partial charge in [0.1, 0.15) is 17.8 Å². The second kappa shape index (κ2) is 36.6. The number of carbonyl (C=O) groups excluding carboxylic acids is 6. The van der Waals surface area contributed by atoms with Crippen molar-refractivity contribution in [2.24, 2.45) is 29.6 Å². The lowest BCUT2D eigenvalue weighted by Crippen LogP contribution is -2.52. The van der Waals surface area contributed by atoms with Crippen molar-refractivity contribution in [1.29, 1.82) is 0 Å². The van der Waals surface area contributed by atoms with Gasteiger partial charge < -0.3 is 83.9 Å². The van der Waals surface area contributed by atoms with Crippen molar-refractivity contribution >= 4 is 36.1 Å². The minimum Gasteiger partial charge on any atom is -0.457 e. The van der Waals surface area contributed by atoms with Crippen LogP contribution >= 0.6 is 0 Å². The van der Waals surface area contributed by atoms with E-state index >= 15 is 0 Å². The maximum atomic E-state index is 13.2. The van der Waals surface area contributed by atoms with Gasteiger partial charge in [-0.3, -0.25) is 19.2 Å². The van der Waals surface area contributed by atoms with Gasteiger partial charge in [-0.25, -0.2) is 9.59 Å². The Morgan fingerprint density at radius 3 is 1.58 bits per heavy atom. The smallest absolute Gasteiger partial charge is 0.410 e. The molecule has 23 nitrogen and oxygen atoms in total. The van der Waals surface area contributed by atoms with Gasteiger partial charge in [-0.05, 0) is 109 Å². The van der Waals surface area contributed by atoms with Crippen molar-refractivity contribution in [3.63, 3.8) is 0 Å². The summed E-state index contributed by atoms with van der Waals surface area (Å²) in [6, 6.07) is 0. The van der Waals surface area contributed by atoms with Crippen molar-refractivity contribution in [3.05, 3.63) is 71.9 Å². The quantitative estimate of drug-likeness (QED) is 0.0207. The van der Waals surface area contributed by atoms with Crippen LogP contribution in [0, 0.1) is 29.6 Å². The van der Waals surface area contributed by atoms with Gasteiger partial charge in [-0.2, -0.15) is 0 Å². The minimum absolute atomic E-state index is 0.0201. The number of aliphatic hydroxyl groups is 5. The molecule has 0 unspecified atom stereocenters. The van der Waals surface area contributed by atoms with Crippen LogP contribution in [0.25, 0.3) is 0 Å². The Kier molecular flexibility index (Phi) is 30.7. The zero-order valence-electron chi connectivity index (χ0n) is 57.7. The van der Waals surface area contributed by atoms with E-state index in [1.807, 2.05) is 66.7 Å². The summed E-state index contributed by atoms with van der Waals surface area (Å²) in [4.78, 5) is 79.8. The molecule has 6 heterocycles. The molecule has 2 amide bonds. The molecular weight excluding hydrogens is 1200 g/mol. The van der Waals surface area contributed by atoms with Crippen molar-refractivity contribution in [2.75, 3.05) is 52.4 Å². The van der Waals surface area contributed by atoms with E-state index in [4.69, 9.17) is 37.9 Å². The number of amides is 2. The average molecular weight is 1310 g/mol. The first-order valence-corrected chi connectivity index (χ1v) is 33.7. The molecule has 0 spiro atoms. The van der Waals surface area contributed by atoms with Gasteiger partial charge in [0.05, 0.1) is 67.3 Å². The molecule has 6 aliphatic heterocycles. The monoisotopic (exact) mass is 1310 g/mol. The van der Waals surface area contributed by atoms with E-state index in [0.29, 0.717) is 77.2 Å². The highest BCUT2D eigenvalue weighted by atomic mass is 16.6. The first-order chi connectivity index (χ1) is 43.8. The number of hydrogen-bond donors (Lipinski definition) is 7. The number of allylic oxidation sites excluding steroid dienone is 5.